The first-order valence-corrected chi connectivity index (χ1v) is 5.76. The Balaban J connectivity index is 1.87. The third-order valence-corrected chi connectivity index (χ3v) is 3.19. The van der Waals surface area contributed by atoms with Crippen LogP contribution in [0.3, 0.4) is 0 Å². The Morgan fingerprint density at radius 2 is 2.00 bits per heavy atom. The van der Waals surface area contributed by atoms with Gasteiger partial charge in [-0.2, -0.15) is 0 Å². The van der Waals surface area contributed by atoms with Gasteiger partial charge in [-0.25, -0.2) is 0 Å². The maximum absolute atomic E-state index is 11.8. The van der Waals surface area contributed by atoms with Crippen LogP contribution in [0.5, 0.6) is 0 Å². The summed E-state index contributed by atoms with van der Waals surface area (Å²) in [6, 6.07) is 7.45. The summed E-state index contributed by atoms with van der Waals surface area (Å²) >= 11 is 4.18. The Labute approximate surface area is 101 Å². The smallest absolute Gasteiger partial charge is 0.251 e. The molecule has 1 fully saturated rings. The number of thiol groups is 1. The molecule has 2 rings (SSSR count). The van der Waals surface area contributed by atoms with Crippen molar-refractivity contribution >= 4 is 18.5 Å². The normalized spacial score (nSPS) is 23.6. The first-order valence-electron chi connectivity index (χ1n) is 5.31. The van der Waals surface area contributed by atoms with Crippen LogP contribution in [-0.4, -0.2) is 25.2 Å². The third-order valence-electron chi connectivity index (χ3n) is 2.89. The van der Waals surface area contributed by atoms with Crippen LogP contribution in [0, 0.1) is 0 Å². The topological polar surface area (TPSA) is 38.3 Å². The predicted octanol–water partition coefficient (Wildman–Crippen LogP) is 1.88. The van der Waals surface area contributed by atoms with E-state index in [4.69, 9.17) is 4.74 Å². The van der Waals surface area contributed by atoms with E-state index in [1.807, 2.05) is 12.1 Å². The fourth-order valence-corrected chi connectivity index (χ4v) is 1.91. The lowest BCUT2D eigenvalue weighted by Gasteiger charge is -2.34. The third kappa shape index (κ3) is 2.57. The van der Waals surface area contributed by atoms with Gasteiger partial charge in [-0.05, 0) is 37.1 Å². The maximum Gasteiger partial charge on any atom is 0.251 e. The lowest BCUT2D eigenvalue weighted by molar-refractivity contribution is 0.0176. The van der Waals surface area contributed by atoms with Crippen molar-refractivity contribution in [1.82, 2.24) is 5.32 Å². The molecule has 1 aliphatic carbocycles. The molecule has 0 saturated heterocycles. The van der Waals surface area contributed by atoms with Crippen LogP contribution >= 0.6 is 12.6 Å². The van der Waals surface area contributed by atoms with Crippen molar-refractivity contribution in [2.75, 3.05) is 7.11 Å². The Kier molecular flexibility index (Phi) is 3.51. The molecule has 0 bridgehead atoms. The summed E-state index contributed by atoms with van der Waals surface area (Å²) in [4.78, 5) is 12.6. The predicted molar refractivity (Wildman–Crippen MR) is 65.0 cm³/mol. The SMILES string of the molecule is COC1CC(NC(=O)c2ccc(S)cc2)C1. The summed E-state index contributed by atoms with van der Waals surface area (Å²) in [5.74, 6) is -0.0205. The molecule has 1 saturated carbocycles. The molecule has 4 heteroatoms. The minimum Gasteiger partial charge on any atom is -0.381 e. The molecule has 1 amide bonds. The van der Waals surface area contributed by atoms with Gasteiger partial charge in [0.15, 0.2) is 0 Å². The van der Waals surface area contributed by atoms with Crippen LogP contribution in [0.4, 0.5) is 0 Å². The zero-order chi connectivity index (χ0) is 11.5. The fraction of sp³-hybridized carbons (Fsp3) is 0.417. The van der Waals surface area contributed by atoms with Gasteiger partial charge in [-0.15, -0.1) is 12.6 Å². The van der Waals surface area contributed by atoms with E-state index in [1.165, 1.54) is 0 Å². The molecule has 0 aromatic heterocycles. The van der Waals surface area contributed by atoms with Crippen LogP contribution in [0.2, 0.25) is 0 Å². The molecule has 1 aliphatic rings. The number of carbonyl (C=O) groups is 1. The Morgan fingerprint density at radius 3 is 2.56 bits per heavy atom. The van der Waals surface area contributed by atoms with Crippen molar-refractivity contribution < 1.29 is 9.53 Å². The van der Waals surface area contributed by atoms with E-state index < -0.39 is 0 Å². The van der Waals surface area contributed by atoms with Crippen LogP contribution in [0.25, 0.3) is 0 Å². The van der Waals surface area contributed by atoms with Crippen molar-refractivity contribution in [3.8, 4) is 0 Å². The minimum absolute atomic E-state index is 0.0205. The monoisotopic (exact) mass is 237 g/mol. The number of carbonyl (C=O) groups excluding carboxylic acids is 1. The highest BCUT2D eigenvalue weighted by Crippen LogP contribution is 2.22. The summed E-state index contributed by atoms with van der Waals surface area (Å²) in [6.07, 6.45) is 2.13. The summed E-state index contributed by atoms with van der Waals surface area (Å²) in [6.45, 7) is 0. The fourth-order valence-electron chi connectivity index (χ4n) is 1.76. The van der Waals surface area contributed by atoms with Crippen molar-refractivity contribution in [1.29, 1.82) is 0 Å². The highest BCUT2D eigenvalue weighted by atomic mass is 32.1. The first kappa shape index (κ1) is 11.5. The van der Waals surface area contributed by atoms with Gasteiger partial charge in [-0.1, -0.05) is 0 Å². The molecule has 0 heterocycles. The molecule has 0 spiro atoms. The van der Waals surface area contributed by atoms with Crippen LogP contribution in [0.15, 0.2) is 29.2 Å². The number of hydrogen-bond donors (Lipinski definition) is 2. The second-order valence-corrected chi connectivity index (χ2v) is 4.56. The number of hydrogen-bond acceptors (Lipinski definition) is 3. The highest BCUT2D eigenvalue weighted by Gasteiger charge is 2.30. The van der Waals surface area contributed by atoms with Gasteiger partial charge >= 0.3 is 0 Å². The van der Waals surface area contributed by atoms with Gasteiger partial charge in [-0.3, -0.25) is 4.79 Å². The number of benzene rings is 1. The van der Waals surface area contributed by atoms with Crippen molar-refractivity contribution in [2.24, 2.45) is 0 Å². The lowest BCUT2D eigenvalue weighted by atomic mass is 9.89. The lowest BCUT2D eigenvalue weighted by Crippen LogP contribution is -2.47. The second-order valence-electron chi connectivity index (χ2n) is 4.05. The summed E-state index contributed by atoms with van der Waals surface area (Å²) in [7, 11) is 1.70. The van der Waals surface area contributed by atoms with E-state index in [0.29, 0.717) is 11.7 Å². The number of rotatable bonds is 3. The Bertz CT molecular complexity index is 371. The molecule has 0 radical (unpaired) electrons. The van der Waals surface area contributed by atoms with Crippen LogP contribution < -0.4 is 5.32 Å². The van der Waals surface area contributed by atoms with Gasteiger partial charge in [0.05, 0.1) is 6.10 Å². The average Bonchev–Trinajstić information content (AvgIpc) is 2.23. The molecule has 86 valence electrons. The van der Waals surface area contributed by atoms with Crippen molar-refractivity contribution in [3.05, 3.63) is 29.8 Å². The summed E-state index contributed by atoms with van der Waals surface area (Å²) < 4.78 is 5.16. The van der Waals surface area contributed by atoms with E-state index in [0.717, 1.165) is 17.7 Å². The van der Waals surface area contributed by atoms with E-state index in [-0.39, 0.29) is 11.9 Å². The molecule has 16 heavy (non-hydrogen) atoms. The molecule has 1 aromatic carbocycles. The van der Waals surface area contributed by atoms with Gasteiger partial charge in [0.25, 0.3) is 5.91 Å². The maximum atomic E-state index is 11.8. The first-order chi connectivity index (χ1) is 7.69. The number of methoxy groups -OCH3 is 1. The highest BCUT2D eigenvalue weighted by molar-refractivity contribution is 7.80. The molecular formula is C12H15NO2S. The average molecular weight is 237 g/mol. The Hall–Kier alpha value is -1.00. The molecule has 3 nitrogen and oxygen atoms in total. The van der Waals surface area contributed by atoms with E-state index in [9.17, 15) is 4.79 Å². The van der Waals surface area contributed by atoms with Gasteiger partial charge in [0.1, 0.15) is 0 Å². The standard InChI is InChI=1S/C12H15NO2S/c1-15-10-6-9(7-10)13-12(14)8-2-4-11(16)5-3-8/h2-5,9-10,16H,6-7H2,1H3,(H,13,14). The molecule has 1 aromatic rings. The van der Waals surface area contributed by atoms with Crippen LogP contribution in [0.1, 0.15) is 23.2 Å². The van der Waals surface area contributed by atoms with Gasteiger partial charge in [0.2, 0.25) is 0 Å². The minimum atomic E-state index is -0.0205. The van der Waals surface area contributed by atoms with Crippen LogP contribution in [-0.2, 0) is 4.74 Å². The second kappa shape index (κ2) is 4.89. The Morgan fingerprint density at radius 1 is 1.38 bits per heavy atom. The number of nitrogens with one attached hydrogen (secondary N) is 1. The van der Waals surface area contributed by atoms with Crippen molar-refractivity contribution in [2.45, 2.75) is 29.9 Å². The molecule has 0 unspecified atom stereocenters. The van der Waals surface area contributed by atoms with Crippen molar-refractivity contribution in [3.63, 3.8) is 0 Å². The molecule has 0 aliphatic heterocycles. The number of ether oxygens (including phenoxy) is 1. The van der Waals surface area contributed by atoms with E-state index in [2.05, 4.69) is 17.9 Å². The number of amides is 1. The summed E-state index contributed by atoms with van der Waals surface area (Å²) in [5, 5.41) is 2.97. The molecule has 0 atom stereocenters. The van der Waals surface area contributed by atoms with E-state index in [1.54, 1.807) is 19.2 Å². The molecule has 1 N–H and O–H groups in total. The van der Waals surface area contributed by atoms with Gasteiger partial charge in [0, 0.05) is 23.6 Å². The quantitative estimate of drug-likeness (QED) is 0.788. The zero-order valence-electron chi connectivity index (χ0n) is 9.14. The largest absolute Gasteiger partial charge is 0.381 e. The zero-order valence-corrected chi connectivity index (χ0v) is 10.0. The molecular weight excluding hydrogens is 222 g/mol. The summed E-state index contributed by atoms with van der Waals surface area (Å²) in [5.41, 5.74) is 0.679. The van der Waals surface area contributed by atoms with E-state index >= 15 is 0 Å². The van der Waals surface area contributed by atoms with Gasteiger partial charge < -0.3 is 10.1 Å².